The number of esters is 2. The second-order valence-electron chi connectivity index (χ2n) is 22.4. The van der Waals surface area contributed by atoms with Crippen molar-refractivity contribution >= 4 is 53.2 Å². The maximum absolute atomic E-state index is 14.8. The van der Waals surface area contributed by atoms with E-state index in [9.17, 15) is 48.3 Å². The first kappa shape index (κ1) is 64.4. The number of likely N-dealkylation sites (N-methyl/N-ethyl adjacent to an activating group) is 4. The Morgan fingerprint density at radius 2 is 1.17 bits per heavy atom. The Kier molecular flexibility index (Phi) is 25.4. The summed E-state index contributed by atoms with van der Waals surface area (Å²) in [5, 5.41) is 11.0. The molecule has 12 atom stereocenters. The molecule has 0 radical (unpaired) electrons. The van der Waals surface area contributed by atoms with Gasteiger partial charge in [0.1, 0.15) is 48.5 Å². The molecule has 0 aliphatic carbocycles. The van der Waals surface area contributed by atoms with E-state index in [-0.39, 0.29) is 30.9 Å². The zero-order valence-electron chi connectivity index (χ0n) is 48.3. The molecule has 0 bridgehead atoms. The van der Waals surface area contributed by atoms with Crippen molar-refractivity contribution in [2.24, 2.45) is 29.6 Å². The number of Topliss-reactive ketones (excluding diaryl/α,β-unsaturated/α-hetero) is 1. The van der Waals surface area contributed by atoms with Gasteiger partial charge in [0.15, 0.2) is 5.78 Å². The third kappa shape index (κ3) is 16.3. The van der Waals surface area contributed by atoms with Crippen LogP contribution in [0.4, 0.5) is 0 Å². The van der Waals surface area contributed by atoms with E-state index in [0.29, 0.717) is 82.7 Å². The quantitative estimate of drug-likeness (QED) is 0.261. The molecule has 19 heteroatoms. The van der Waals surface area contributed by atoms with Crippen LogP contribution >= 0.6 is 0 Å². The Labute approximate surface area is 447 Å². The smallest absolute Gasteiger partial charge is 0.329 e. The first-order valence-corrected chi connectivity index (χ1v) is 27.6. The monoisotopic (exact) mass is 1060 g/mol. The Morgan fingerprint density at radius 3 is 1.73 bits per heavy atom. The van der Waals surface area contributed by atoms with Gasteiger partial charge in [-0.25, -0.2) is 4.79 Å². The van der Waals surface area contributed by atoms with Crippen LogP contribution in [-0.4, -0.2) is 197 Å². The lowest BCUT2D eigenvalue weighted by Crippen LogP contribution is -2.62. The standard InChI is InChI=1S/C56H94N6O13/c1-17-35(7)49-53(69)60(15)47(33(3)4)52(68)57(12)43(32-73-16)51(67)61-29-21-24-41(61)50(66)59(14)48(34(5)6)54(70)62-30-22-25-42(62)56(72)75-40(18-2)23-19-20-26-44(63)38(10)55(71)74-39(11)36(8)27-28-37(9)45(64)31-46(65)58(49)13/h28,33-36,38-44,47-49,63H,17-27,29-32H2,1-16H3/t35-,36-,38+,39+,40+,41-,42-,43-,44+,47-,48-,49-/m0/s1. The summed E-state index contributed by atoms with van der Waals surface area (Å²) in [4.78, 5) is 136. The molecule has 0 unspecified atom stereocenters. The van der Waals surface area contributed by atoms with Gasteiger partial charge < -0.3 is 48.7 Å². The minimum Gasteiger partial charge on any atom is -0.462 e. The number of ketones is 1. The van der Waals surface area contributed by atoms with Crippen molar-refractivity contribution in [1.29, 1.82) is 0 Å². The highest BCUT2D eigenvalue weighted by molar-refractivity contribution is 6.07. The van der Waals surface area contributed by atoms with Gasteiger partial charge in [-0.05, 0) is 108 Å². The van der Waals surface area contributed by atoms with Crippen LogP contribution in [0.5, 0.6) is 0 Å². The number of hydrogen-bond acceptors (Lipinski definition) is 13. The van der Waals surface area contributed by atoms with Crippen LogP contribution in [0.3, 0.4) is 0 Å². The first-order valence-electron chi connectivity index (χ1n) is 27.6. The molecule has 2 saturated heterocycles. The van der Waals surface area contributed by atoms with Gasteiger partial charge in [-0.3, -0.25) is 38.4 Å². The molecule has 6 amide bonds. The number of carbonyl (C=O) groups excluding carboxylic acids is 9. The second-order valence-corrected chi connectivity index (χ2v) is 22.4. The number of aliphatic hydroxyl groups is 1. The van der Waals surface area contributed by atoms with Gasteiger partial charge in [0.05, 0.1) is 25.0 Å². The number of cyclic esters (lactones) is 2. The lowest BCUT2D eigenvalue weighted by Gasteiger charge is -2.41. The predicted molar refractivity (Wildman–Crippen MR) is 283 cm³/mol. The molecule has 75 heavy (non-hydrogen) atoms. The van der Waals surface area contributed by atoms with E-state index >= 15 is 0 Å². The fourth-order valence-corrected chi connectivity index (χ4v) is 10.7. The third-order valence-electron chi connectivity index (χ3n) is 16.2. The van der Waals surface area contributed by atoms with Crippen molar-refractivity contribution in [3.05, 3.63) is 11.6 Å². The number of fused-ring (bicyclic) bond motifs is 2. The van der Waals surface area contributed by atoms with Crippen LogP contribution in [0, 0.1) is 29.6 Å². The molecule has 0 aromatic heterocycles. The molecule has 1 N–H and O–H groups in total. The minimum atomic E-state index is -1.21. The van der Waals surface area contributed by atoms with Crippen LogP contribution in [0.1, 0.15) is 153 Å². The Balaban J connectivity index is 2.05. The van der Waals surface area contributed by atoms with Gasteiger partial charge in [0, 0.05) is 48.4 Å². The van der Waals surface area contributed by atoms with Gasteiger partial charge in [0.2, 0.25) is 35.4 Å². The van der Waals surface area contributed by atoms with Crippen molar-refractivity contribution in [1.82, 2.24) is 29.4 Å². The highest BCUT2D eigenvalue weighted by Crippen LogP contribution is 2.29. The predicted octanol–water partition coefficient (Wildman–Crippen LogP) is 5.04. The van der Waals surface area contributed by atoms with Crippen molar-refractivity contribution in [3.63, 3.8) is 0 Å². The lowest BCUT2D eigenvalue weighted by atomic mass is 9.93. The Hall–Kier alpha value is -4.91. The summed E-state index contributed by atoms with van der Waals surface area (Å²) >= 11 is 0. The summed E-state index contributed by atoms with van der Waals surface area (Å²) < 4.78 is 17.3. The average Bonchev–Trinajstić information content (AvgIpc) is 4.08. The number of aliphatic hydroxyl groups excluding tert-OH is 1. The van der Waals surface area contributed by atoms with E-state index in [0.717, 1.165) is 0 Å². The van der Waals surface area contributed by atoms with E-state index in [2.05, 4.69) is 0 Å². The molecular formula is C56H94N6O13. The number of carbonyl (C=O) groups is 9. The van der Waals surface area contributed by atoms with Crippen LogP contribution < -0.4 is 0 Å². The van der Waals surface area contributed by atoms with Gasteiger partial charge >= 0.3 is 11.9 Å². The van der Waals surface area contributed by atoms with Gasteiger partial charge in [-0.1, -0.05) is 74.3 Å². The van der Waals surface area contributed by atoms with Crippen molar-refractivity contribution in [3.8, 4) is 0 Å². The summed E-state index contributed by atoms with van der Waals surface area (Å²) in [6.45, 7) is 19.9. The number of ether oxygens (including phenoxy) is 3. The zero-order chi connectivity index (χ0) is 56.8. The minimum absolute atomic E-state index is 0.206. The molecule has 0 aromatic rings. The molecule has 3 aliphatic heterocycles. The topological polar surface area (TPSA) is 221 Å². The average molecular weight is 1060 g/mol. The Morgan fingerprint density at radius 1 is 0.640 bits per heavy atom. The normalized spacial score (nSPS) is 31.0. The van der Waals surface area contributed by atoms with E-state index in [4.69, 9.17) is 14.2 Å². The van der Waals surface area contributed by atoms with Crippen molar-refractivity contribution in [2.45, 2.75) is 208 Å². The molecule has 0 saturated carbocycles. The maximum Gasteiger partial charge on any atom is 0.329 e. The SMILES string of the molecule is CC[C@@H]1CCCC[C@@H](O)[C@@H](C)C(=O)O[C@H](C)[C@@H](C)CC=C(C)C(=O)CC(=O)N(C)[C@@H]([C@@H](C)CC)C(=O)N(C)[C@@H](C(C)C)C(=O)N(C)[C@@H](COC)C(=O)N2CCC[C@H]2C(=O)N(C)[C@@H](C(C)C)C(=O)N2CCC[C@H]2C(=O)O1. The Bertz CT molecular complexity index is 2030. The van der Waals surface area contributed by atoms with E-state index in [1.807, 2.05) is 41.5 Å². The van der Waals surface area contributed by atoms with Gasteiger partial charge in [-0.15, -0.1) is 0 Å². The molecule has 19 nitrogen and oxygen atoms in total. The molecule has 0 aromatic carbocycles. The molecular weight excluding hydrogens is 965 g/mol. The maximum atomic E-state index is 14.8. The van der Waals surface area contributed by atoms with Gasteiger partial charge in [-0.2, -0.15) is 0 Å². The van der Waals surface area contributed by atoms with Crippen LogP contribution in [0.2, 0.25) is 0 Å². The van der Waals surface area contributed by atoms with E-state index < -0.39 is 126 Å². The van der Waals surface area contributed by atoms with Gasteiger partial charge in [0.25, 0.3) is 0 Å². The highest BCUT2D eigenvalue weighted by atomic mass is 16.5. The molecule has 0 spiro atoms. The lowest BCUT2D eigenvalue weighted by molar-refractivity contribution is -0.162. The largest absolute Gasteiger partial charge is 0.462 e. The zero-order valence-corrected chi connectivity index (χ0v) is 48.3. The summed E-state index contributed by atoms with van der Waals surface area (Å²) in [5.74, 6) is -6.86. The fourth-order valence-electron chi connectivity index (χ4n) is 10.7. The second kappa shape index (κ2) is 29.6. The summed E-state index contributed by atoms with van der Waals surface area (Å²) in [6, 6.07) is -6.16. The number of allylic oxidation sites excluding steroid dienone is 2. The summed E-state index contributed by atoms with van der Waals surface area (Å²) in [7, 11) is 7.37. The van der Waals surface area contributed by atoms with Crippen LogP contribution in [-0.2, 0) is 57.4 Å². The van der Waals surface area contributed by atoms with Crippen LogP contribution in [0.25, 0.3) is 0 Å². The summed E-state index contributed by atoms with van der Waals surface area (Å²) in [5.41, 5.74) is 0.332. The number of methoxy groups -OCH3 is 1. The van der Waals surface area contributed by atoms with Crippen molar-refractivity contribution in [2.75, 3.05) is 55.0 Å². The number of rotatable bonds is 7. The molecule has 2 fully saturated rings. The molecule has 3 heterocycles. The molecule has 426 valence electrons. The van der Waals surface area contributed by atoms with Crippen molar-refractivity contribution < 1.29 is 62.5 Å². The number of amides is 6. The third-order valence-corrected chi connectivity index (χ3v) is 16.2. The highest BCUT2D eigenvalue weighted by Gasteiger charge is 2.47. The van der Waals surface area contributed by atoms with Crippen LogP contribution in [0.15, 0.2) is 11.6 Å². The number of hydrogen-bond donors (Lipinski definition) is 1. The van der Waals surface area contributed by atoms with E-state index in [1.165, 1.54) is 64.7 Å². The fraction of sp³-hybridized carbons (Fsp3) is 0.804. The summed E-state index contributed by atoms with van der Waals surface area (Å²) in [6.07, 6.45) is 4.29. The number of nitrogens with zero attached hydrogens (tertiary/aromatic N) is 6. The molecule has 3 rings (SSSR count). The van der Waals surface area contributed by atoms with E-state index in [1.54, 1.807) is 40.7 Å². The molecule has 3 aliphatic rings. The first-order chi connectivity index (χ1) is 35.2.